The molecule has 2 aromatic carbocycles. The Kier molecular flexibility index (Phi) is 7.35. The van der Waals surface area contributed by atoms with Crippen molar-refractivity contribution in [1.29, 1.82) is 0 Å². The van der Waals surface area contributed by atoms with Crippen LogP contribution in [0.25, 0.3) is 0 Å². The van der Waals surface area contributed by atoms with E-state index in [0.29, 0.717) is 21.6 Å². The van der Waals surface area contributed by atoms with Crippen molar-refractivity contribution in [2.75, 3.05) is 11.1 Å². The molecule has 3 rings (SSSR count). The second-order valence-corrected chi connectivity index (χ2v) is 8.64. The van der Waals surface area contributed by atoms with Crippen molar-refractivity contribution >= 4 is 40.9 Å². The van der Waals surface area contributed by atoms with Crippen LogP contribution in [0.2, 0.25) is 5.02 Å². The third-order valence-corrected chi connectivity index (χ3v) is 5.97. The van der Waals surface area contributed by atoms with Crippen LogP contribution in [0.15, 0.2) is 47.6 Å². The van der Waals surface area contributed by atoms with E-state index in [-0.39, 0.29) is 23.6 Å². The maximum absolute atomic E-state index is 12.4. The molecular formula is C22H24ClN5O2S. The first-order valence-electron chi connectivity index (χ1n) is 9.70. The van der Waals surface area contributed by atoms with Crippen molar-refractivity contribution in [2.24, 2.45) is 7.05 Å². The van der Waals surface area contributed by atoms with Crippen molar-refractivity contribution in [3.8, 4) is 0 Å². The maximum atomic E-state index is 12.4. The molecule has 0 aliphatic carbocycles. The number of amides is 2. The minimum absolute atomic E-state index is 0.120. The summed E-state index contributed by atoms with van der Waals surface area (Å²) in [6, 6.07) is 12.2. The summed E-state index contributed by atoms with van der Waals surface area (Å²) in [7, 11) is 1.81. The average Bonchev–Trinajstić information content (AvgIpc) is 3.09. The molecule has 7 nitrogen and oxygen atoms in total. The molecule has 9 heteroatoms. The van der Waals surface area contributed by atoms with E-state index in [1.54, 1.807) is 28.8 Å². The van der Waals surface area contributed by atoms with E-state index in [2.05, 4.69) is 20.8 Å². The second-order valence-electron chi connectivity index (χ2n) is 7.26. The van der Waals surface area contributed by atoms with Crippen LogP contribution in [-0.4, -0.2) is 32.3 Å². The van der Waals surface area contributed by atoms with E-state index in [4.69, 9.17) is 11.6 Å². The quantitative estimate of drug-likeness (QED) is 0.516. The molecule has 1 aromatic heterocycles. The van der Waals surface area contributed by atoms with Gasteiger partial charge in [-0.3, -0.25) is 9.59 Å². The molecule has 2 amide bonds. The first kappa shape index (κ1) is 22.8. The third-order valence-electron chi connectivity index (χ3n) is 4.70. The van der Waals surface area contributed by atoms with Crippen molar-refractivity contribution < 1.29 is 9.59 Å². The lowest BCUT2D eigenvalue weighted by Crippen LogP contribution is -2.28. The molecule has 31 heavy (non-hydrogen) atoms. The van der Waals surface area contributed by atoms with Crippen LogP contribution in [0.4, 0.5) is 5.69 Å². The van der Waals surface area contributed by atoms with Crippen molar-refractivity contribution in [3.05, 3.63) is 70.0 Å². The average molecular weight is 458 g/mol. The van der Waals surface area contributed by atoms with Crippen LogP contribution >= 0.6 is 23.4 Å². The number of nitrogens with zero attached hydrogens (tertiary/aromatic N) is 3. The van der Waals surface area contributed by atoms with Crippen LogP contribution < -0.4 is 10.6 Å². The van der Waals surface area contributed by atoms with E-state index in [9.17, 15) is 9.59 Å². The summed E-state index contributed by atoms with van der Waals surface area (Å²) in [5.41, 5.74) is 3.47. The second kappa shape index (κ2) is 9.98. The largest absolute Gasteiger partial charge is 0.342 e. The van der Waals surface area contributed by atoms with Crippen molar-refractivity contribution in [1.82, 2.24) is 20.1 Å². The highest BCUT2D eigenvalue weighted by Gasteiger charge is 2.19. The highest BCUT2D eigenvalue weighted by Crippen LogP contribution is 2.21. The zero-order chi connectivity index (χ0) is 22.5. The highest BCUT2D eigenvalue weighted by molar-refractivity contribution is 7.99. The molecule has 2 N–H and O–H groups in total. The number of benzene rings is 2. The fraction of sp³-hybridized carbons (Fsp3) is 0.273. The number of rotatable bonds is 7. The van der Waals surface area contributed by atoms with Crippen LogP contribution in [-0.2, 0) is 11.8 Å². The Morgan fingerprint density at radius 1 is 1.13 bits per heavy atom. The Balaban J connectivity index is 1.58. The van der Waals surface area contributed by atoms with E-state index >= 15 is 0 Å². The Labute approximate surface area is 190 Å². The van der Waals surface area contributed by atoms with Gasteiger partial charge in [-0.25, -0.2) is 0 Å². The molecule has 3 aromatic rings. The van der Waals surface area contributed by atoms with Crippen molar-refractivity contribution in [2.45, 2.75) is 32.0 Å². The summed E-state index contributed by atoms with van der Waals surface area (Å²) in [5, 5.41) is 15.3. The van der Waals surface area contributed by atoms with Gasteiger partial charge in [0.2, 0.25) is 5.91 Å². The number of halogens is 1. The lowest BCUT2D eigenvalue weighted by atomic mass is 10.1. The van der Waals surface area contributed by atoms with Crippen molar-refractivity contribution in [3.63, 3.8) is 0 Å². The topological polar surface area (TPSA) is 88.9 Å². The van der Waals surface area contributed by atoms with Gasteiger partial charge in [0.05, 0.1) is 11.8 Å². The highest BCUT2D eigenvalue weighted by atomic mass is 35.5. The van der Waals surface area contributed by atoms with E-state index in [0.717, 1.165) is 16.8 Å². The summed E-state index contributed by atoms with van der Waals surface area (Å²) < 4.78 is 1.78. The Hall–Kier alpha value is -2.84. The van der Waals surface area contributed by atoms with Gasteiger partial charge in [0.15, 0.2) is 11.0 Å². The molecule has 1 heterocycles. The summed E-state index contributed by atoms with van der Waals surface area (Å²) in [6.07, 6.45) is 0. The number of hydrogen-bond donors (Lipinski definition) is 2. The summed E-state index contributed by atoms with van der Waals surface area (Å²) in [6.45, 7) is 5.81. The molecule has 0 saturated carbocycles. The molecule has 0 aliphatic rings. The Bertz CT molecular complexity index is 1100. The van der Waals surface area contributed by atoms with E-state index in [1.165, 1.54) is 11.8 Å². The number of hydrogen-bond acceptors (Lipinski definition) is 5. The van der Waals surface area contributed by atoms with Gasteiger partial charge in [0, 0.05) is 23.3 Å². The zero-order valence-corrected chi connectivity index (χ0v) is 19.3. The third kappa shape index (κ3) is 5.86. The first-order chi connectivity index (χ1) is 14.7. The van der Waals surface area contributed by atoms with Crippen LogP contribution in [0.3, 0.4) is 0 Å². The number of nitrogens with one attached hydrogen (secondary N) is 2. The van der Waals surface area contributed by atoms with Crippen LogP contribution in [0.1, 0.15) is 40.3 Å². The summed E-state index contributed by atoms with van der Waals surface area (Å²) >= 11 is 7.16. The Morgan fingerprint density at radius 2 is 1.84 bits per heavy atom. The molecule has 0 spiro atoms. The maximum Gasteiger partial charge on any atom is 0.251 e. The lowest BCUT2D eigenvalue weighted by molar-refractivity contribution is -0.113. The molecule has 0 fully saturated rings. The molecule has 0 bridgehead atoms. The monoisotopic (exact) mass is 457 g/mol. The molecule has 1 atom stereocenters. The van der Waals surface area contributed by atoms with Gasteiger partial charge in [0.25, 0.3) is 5.91 Å². The molecular weight excluding hydrogens is 434 g/mol. The fourth-order valence-corrected chi connectivity index (χ4v) is 3.89. The number of carbonyl (C=O) groups excluding carboxylic acids is 2. The number of thioether (sulfide) groups is 1. The van der Waals surface area contributed by atoms with Gasteiger partial charge in [-0.2, -0.15) is 0 Å². The summed E-state index contributed by atoms with van der Waals surface area (Å²) in [5.74, 6) is 0.449. The van der Waals surface area contributed by atoms with Crippen LogP contribution in [0.5, 0.6) is 0 Å². The molecule has 0 saturated heterocycles. The molecule has 0 unspecified atom stereocenters. The van der Waals surface area contributed by atoms with E-state index in [1.807, 2.05) is 46.0 Å². The first-order valence-corrected chi connectivity index (χ1v) is 11.1. The Morgan fingerprint density at radius 3 is 2.52 bits per heavy atom. The van der Waals surface area contributed by atoms with Gasteiger partial charge in [-0.05, 0) is 56.7 Å². The minimum atomic E-state index is -0.362. The van der Waals surface area contributed by atoms with E-state index < -0.39 is 0 Å². The molecule has 0 aliphatic heterocycles. The number of aryl methyl sites for hydroxylation is 2. The number of aromatic nitrogens is 3. The zero-order valence-electron chi connectivity index (χ0n) is 17.8. The van der Waals surface area contributed by atoms with Gasteiger partial charge >= 0.3 is 0 Å². The minimum Gasteiger partial charge on any atom is -0.342 e. The SMILES string of the molecule is Cc1ccc(NC(=O)CSc2nnc([C@H](C)NC(=O)c3ccc(Cl)cc3)n2C)c(C)c1. The van der Waals surface area contributed by atoms with Gasteiger partial charge in [-0.15, -0.1) is 10.2 Å². The predicted octanol–water partition coefficient (Wildman–Crippen LogP) is 4.31. The normalized spacial score (nSPS) is 11.8. The van der Waals surface area contributed by atoms with Gasteiger partial charge < -0.3 is 15.2 Å². The molecule has 0 radical (unpaired) electrons. The van der Waals surface area contributed by atoms with Crippen LogP contribution in [0, 0.1) is 13.8 Å². The smallest absolute Gasteiger partial charge is 0.251 e. The fourth-order valence-electron chi connectivity index (χ4n) is 3.04. The molecule has 162 valence electrons. The standard InChI is InChI=1S/C22H24ClN5O2S/c1-13-5-10-18(14(2)11-13)25-19(29)12-31-22-27-26-20(28(22)4)15(3)24-21(30)16-6-8-17(23)9-7-16/h5-11,15H,12H2,1-4H3,(H,24,30)(H,25,29)/t15-/m0/s1. The van der Waals surface area contributed by atoms with Gasteiger partial charge in [0.1, 0.15) is 0 Å². The van der Waals surface area contributed by atoms with Gasteiger partial charge in [-0.1, -0.05) is 41.1 Å². The summed E-state index contributed by atoms with van der Waals surface area (Å²) in [4.78, 5) is 24.8. The lowest BCUT2D eigenvalue weighted by Gasteiger charge is -2.14. The number of carbonyl (C=O) groups is 2. The number of anilines is 1. The predicted molar refractivity (Wildman–Crippen MR) is 124 cm³/mol.